The fraction of sp³-hybridized carbons (Fsp3) is 0.600. The Hall–Kier alpha value is -3.18. The Balaban J connectivity index is 2.24. The molecule has 2 aliphatic heterocycles. The molecule has 2 atom stereocenters. The number of hydrogen-bond acceptors (Lipinski definition) is 6. The van der Waals surface area contributed by atoms with Gasteiger partial charge in [-0.2, -0.15) is 0 Å². The molecule has 0 aromatic rings. The molecule has 0 saturated carbocycles. The van der Waals surface area contributed by atoms with E-state index in [9.17, 15) is 28.8 Å². The lowest BCUT2D eigenvalue weighted by molar-refractivity contribution is -0.155. The van der Waals surface area contributed by atoms with Crippen LogP contribution in [0.2, 0.25) is 0 Å². The zero-order chi connectivity index (χ0) is 20.1. The minimum atomic E-state index is -1.27. The third-order valence-electron chi connectivity index (χ3n) is 4.15. The molecule has 0 aliphatic carbocycles. The van der Waals surface area contributed by atoms with Crippen LogP contribution in [0, 0.1) is 0 Å². The van der Waals surface area contributed by atoms with Crippen LogP contribution in [0.4, 0.5) is 4.79 Å². The normalized spacial score (nSPS) is 21.1. The number of hydrogen-bond donors (Lipinski definition) is 3. The van der Waals surface area contributed by atoms with Crippen LogP contribution in [0.25, 0.3) is 0 Å². The van der Waals surface area contributed by atoms with Crippen molar-refractivity contribution in [2.24, 2.45) is 0 Å². The zero-order valence-corrected chi connectivity index (χ0v) is 14.7. The number of aliphatic carboxylic acids is 1. The van der Waals surface area contributed by atoms with Gasteiger partial charge in [0.25, 0.3) is 0 Å². The second kappa shape index (κ2) is 8.47. The topological polar surface area (TPSA) is 156 Å². The van der Waals surface area contributed by atoms with Gasteiger partial charge in [-0.25, -0.2) is 19.8 Å². The molecule has 0 radical (unpaired) electrons. The van der Waals surface area contributed by atoms with Gasteiger partial charge in [-0.15, -0.1) is 0 Å². The molecule has 27 heavy (non-hydrogen) atoms. The summed E-state index contributed by atoms with van der Waals surface area (Å²) >= 11 is 0. The second-order valence-corrected chi connectivity index (χ2v) is 6.22. The van der Waals surface area contributed by atoms with Crippen molar-refractivity contribution in [3.8, 4) is 0 Å². The number of carboxylic acids is 1. The van der Waals surface area contributed by atoms with E-state index in [4.69, 9.17) is 5.11 Å². The number of carbonyl (C=O) groups excluding carboxylic acids is 5. The van der Waals surface area contributed by atoms with E-state index < -0.39 is 42.3 Å². The second-order valence-electron chi connectivity index (χ2n) is 6.22. The van der Waals surface area contributed by atoms with Crippen molar-refractivity contribution in [1.29, 1.82) is 0 Å². The highest BCUT2D eigenvalue weighted by atomic mass is 16.4. The van der Waals surface area contributed by atoms with Gasteiger partial charge in [-0.05, 0) is 12.8 Å². The molecule has 0 aromatic heterocycles. The Bertz CT molecular complexity index is 667. The molecule has 5 amide bonds. The largest absolute Gasteiger partial charge is 0.481 e. The lowest BCUT2D eigenvalue weighted by Gasteiger charge is -2.42. The average molecular weight is 383 g/mol. The smallest absolute Gasteiger partial charge is 0.358 e. The molecule has 148 valence electrons. The molecule has 3 N–H and O–H groups in total. The van der Waals surface area contributed by atoms with Crippen LogP contribution in [0.5, 0.6) is 0 Å². The molecule has 0 aromatic carbocycles. The van der Waals surface area contributed by atoms with Crippen LogP contribution in [0.15, 0.2) is 0 Å². The van der Waals surface area contributed by atoms with Crippen LogP contribution < -0.4 is 10.7 Å². The number of rotatable bonds is 6. The van der Waals surface area contributed by atoms with Gasteiger partial charge in [0.1, 0.15) is 12.3 Å². The van der Waals surface area contributed by atoms with Gasteiger partial charge >= 0.3 is 12.0 Å². The predicted octanol–water partition coefficient (Wildman–Crippen LogP) is -1.77. The van der Waals surface area contributed by atoms with Crippen LogP contribution in [-0.4, -0.2) is 81.3 Å². The number of aldehydes is 1. The molecular weight excluding hydrogens is 362 g/mol. The molecule has 2 heterocycles. The van der Waals surface area contributed by atoms with Crippen molar-refractivity contribution in [2.45, 2.75) is 44.7 Å². The average Bonchev–Trinajstić information content (AvgIpc) is 2.72. The highest BCUT2D eigenvalue weighted by Crippen LogP contribution is 2.23. The molecule has 12 heteroatoms. The van der Waals surface area contributed by atoms with E-state index in [-0.39, 0.29) is 31.8 Å². The summed E-state index contributed by atoms with van der Waals surface area (Å²) in [6, 6.07) is -3.12. The van der Waals surface area contributed by atoms with Crippen LogP contribution in [0.1, 0.15) is 32.6 Å². The van der Waals surface area contributed by atoms with Crippen molar-refractivity contribution in [1.82, 2.24) is 25.8 Å². The summed E-state index contributed by atoms with van der Waals surface area (Å²) < 4.78 is 0. The fourth-order valence-electron chi connectivity index (χ4n) is 3.01. The summed E-state index contributed by atoms with van der Waals surface area (Å²) in [5, 5.41) is 14.2. The lowest BCUT2D eigenvalue weighted by atomic mass is 10.1. The predicted molar refractivity (Wildman–Crippen MR) is 87.4 cm³/mol. The first kappa shape index (κ1) is 20.1. The summed E-state index contributed by atoms with van der Waals surface area (Å²) in [4.78, 5) is 70.8. The number of hydrazine groups is 2. The Kier molecular flexibility index (Phi) is 6.32. The van der Waals surface area contributed by atoms with Crippen molar-refractivity contribution >= 4 is 36.0 Å². The molecule has 0 spiro atoms. The van der Waals surface area contributed by atoms with E-state index in [0.717, 1.165) is 15.0 Å². The Labute approximate surface area is 154 Å². The first-order valence-electron chi connectivity index (χ1n) is 8.40. The van der Waals surface area contributed by atoms with Crippen molar-refractivity contribution in [3.63, 3.8) is 0 Å². The van der Waals surface area contributed by atoms with Gasteiger partial charge in [0.2, 0.25) is 17.7 Å². The molecule has 12 nitrogen and oxygen atoms in total. The summed E-state index contributed by atoms with van der Waals surface area (Å²) in [6.45, 7) is 1.39. The molecule has 2 fully saturated rings. The minimum absolute atomic E-state index is 0.0349. The van der Waals surface area contributed by atoms with Gasteiger partial charge in [-0.3, -0.25) is 24.6 Å². The maximum atomic E-state index is 12.8. The Morgan fingerprint density at radius 2 is 2.00 bits per heavy atom. The van der Waals surface area contributed by atoms with Crippen molar-refractivity contribution < 1.29 is 33.9 Å². The van der Waals surface area contributed by atoms with Crippen LogP contribution >= 0.6 is 0 Å². The summed E-state index contributed by atoms with van der Waals surface area (Å²) in [6.07, 6.45) is 0.321. The molecule has 0 bridgehead atoms. The molecular formula is C15H21N5O7. The van der Waals surface area contributed by atoms with Crippen LogP contribution in [-0.2, 0) is 24.0 Å². The molecule has 2 saturated heterocycles. The van der Waals surface area contributed by atoms with E-state index in [1.165, 1.54) is 6.92 Å². The molecule has 2 rings (SSSR count). The molecule has 2 aliphatic rings. The lowest BCUT2D eigenvalue weighted by Crippen LogP contribution is -2.64. The highest BCUT2D eigenvalue weighted by Gasteiger charge is 2.44. The monoisotopic (exact) mass is 383 g/mol. The quantitative estimate of drug-likeness (QED) is 0.458. The van der Waals surface area contributed by atoms with E-state index in [0.29, 0.717) is 12.7 Å². The number of carbonyl (C=O) groups is 6. The van der Waals surface area contributed by atoms with Gasteiger partial charge < -0.3 is 15.2 Å². The first-order valence-corrected chi connectivity index (χ1v) is 8.40. The third-order valence-corrected chi connectivity index (χ3v) is 4.15. The maximum absolute atomic E-state index is 12.8. The maximum Gasteiger partial charge on any atom is 0.358 e. The van der Waals surface area contributed by atoms with Gasteiger partial charge in [0.15, 0.2) is 0 Å². The Morgan fingerprint density at radius 1 is 1.30 bits per heavy atom. The third kappa shape index (κ3) is 4.71. The number of fused-ring (bicyclic) bond motifs is 1. The van der Waals surface area contributed by atoms with Crippen molar-refractivity contribution in [2.75, 3.05) is 13.1 Å². The van der Waals surface area contributed by atoms with E-state index in [1.54, 1.807) is 0 Å². The van der Waals surface area contributed by atoms with Crippen LogP contribution in [0.3, 0.4) is 0 Å². The van der Waals surface area contributed by atoms with Crippen molar-refractivity contribution in [3.05, 3.63) is 0 Å². The van der Waals surface area contributed by atoms with Gasteiger partial charge in [-0.1, -0.05) is 0 Å². The minimum Gasteiger partial charge on any atom is -0.481 e. The number of nitrogens with zero attached hydrogens (tertiary/aromatic N) is 3. The summed E-state index contributed by atoms with van der Waals surface area (Å²) in [5.41, 5.74) is 2.32. The summed E-state index contributed by atoms with van der Waals surface area (Å²) in [7, 11) is 0. The number of nitrogens with one attached hydrogen (secondary N) is 2. The van der Waals surface area contributed by atoms with E-state index in [2.05, 4.69) is 10.7 Å². The summed E-state index contributed by atoms with van der Waals surface area (Å²) in [5.74, 6) is -2.91. The number of carboxylic acid groups (broad SMARTS) is 1. The van der Waals surface area contributed by atoms with E-state index >= 15 is 0 Å². The number of urea groups is 1. The fourth-order valence-corrected chi connectivity index (χ4v) is 3.01. The molecule has 2 unspecified atom stereocenters. The van der Waals surface area contributed by atoms with Gasteiger partial charge in [0.05, 0.1) is 19.0 Å². The standard InChI is InChI=1S/C15H21N5O7/c1-9(22)17-18-6-4-12(23)19-5-2-3-11(20(19)15(18)27)14(26)16-10(8-21)7-13(24)25/h8,10-11H,2-7H2,1H3,(H,16,26)(H,17,22)(H,24,25). The number of amides is 5. The Morgan fingerprint density at radius 3 is 2.59 bits per heavy atom. The first-order chi connectivity index (χ1) is 12.7. The van der Waals surface area contributed by atoms with E-state index in [1.807, 2.05) is 0 Å². The SMILES string of the molecule is CC(=O)NN1CCC(=O)N2CCCC(C(=O)NC(C=O)CC(=O)O)N2C1=O. The zero-order valence-electron chi connectivity index (χ0n) is 14.7. The van der Waals surface area contributed by atoms with Gasteiger partial charge in [0, 0.05) is 19.9 Å². The highest BCUT2D eigenvalue weighted by molar-refractivity contribution is 5.92.